The van der Waals surface area contributed by atoms with Gasteiger partial charge in [0.05, 0.1) is 11.9 Å². The summed E-state index contributed by atoms with van der Waals surface area (Å²) in [6, 6.07) is 17.8. The predicted octanol–water partition coefficient (Wildman–Crippen LogP) is 2.66. The number of hydrazone groups is 1. The number of carbonyl (C=O) groups excluding carboxylic acids is 2. The molecule has 6 heteroatoms. The fourth-order valence-electron chi connectivity index (χ4n) is 3.09. The van der Waals surface area contributed by atoms with Crippen molar-refractivity contribution in [3.63, 3.8) is 0 Å². The van der Waals surface area contributed by atoms with Crippen LogP contribution in [0.3, 0.4) is 0 Å². The molecule has 2 amide bonds. The second kappa shape index (κ2) is 6.33. The van der Waals surface area contributed by atoms with E-state index in [-0.39, 0.29) is 18.2 Å². The van der Waals surface area contributed by atoms with Gasteiger partial charge < -0.3 is 5.11 Å². The first kappa shape index (κ1) is 15.8. The van der Waals surface area contributed by atoms with Gasteiger partial charge in [0.1, 0.15) is 12.3 Å². The number of hydrogen-bond donors (Lipinski definition) is 2. The summed E-state index contributed by atoms with van der Waals surface area (Å²) in [5.41, 5.74) is 4.20. The number of anilines is 1. The van der Waals surface area contributed by atoms with E-state index in [2.05, 4.69) is 10.5 Å². The van der Waals surface area contributed by atoms with Crippen LogP contribution < -0.4 is 10.3 Å². The summed E-state index contributed by atoms with van der Waals surface area (Å²) in [6.07, 6.45) is 1.36. The molecule has 0 aromatic heterocycles. The number of phenolic OH excluding ortho intramolecular Hbond substituents is 1. The van der Waals surface area contributed by atoms with Gasteiger partial charge in [-0.2, -0.15) is 5.10 Å². The molecule has 0 unspecified atom stereocenters. The van der Waals surface area contributed by atoms with E-state index >= 15 is 0 Å². The first-order valence-corrected chi connectivity index (χ1v) is 8.08. The third-order valence-electron chi connectivity index (χ3n) is 4.28. The quantitative estimate of drug-likeness (QED) is 0.563. The number of aromatic hydroxyl groups is 1. The minimum absolute atomic E-state index is 0.0716. The van der Waals surface area contributed by atoms with Crippen molar-refractivity contribution in [1.82, 2.24) is 5.43 Å². The Morgan fingerprint density at radius 1 is 1.08 bits per heavy atom. The molecule has 3 aromatic carbocycles. The van der Waals surface area contributed by atoms with Crippen molar-refractivity contribution in [1.29, 1.82) is 0 Å². The topological polar surface area (TPSA) is 82.0 Å². The molecule has 0 atom stereocenters. The third-order valence-corrected chi connectivity index (χ3v) is 4.28. The van der Waals surface area contributed by atoms with Gasteiger partial charge in [-0.15, -0.1) is 0 Å². The highest BCUT2D eigenvalue weighted by Crippen LogP contribution is 2.36. The highest BCUT2D eigenvalue weighted by atomic mass is 16.3. The van der Waals surface area contributed by atoms with Crippen molar-refractivity contribution in [2.75, 3.05) is 11.4 Å². The Morgan fingerprint density at radius 3 is 2.65 bits per heavy atom. The minimum atomic E-state index is -0.421. The molecule has 128 valence electrons. The van der Waals surface area contributed by atoms with Crippen LogP contribution in [0.15, 0.2) is 65.8 Å². The van der Waals surface area contributed by atoms with Crippen LogP contribution in [0.5, 0.6) is 5.75 Å². The normalized spacial score (nSPS) is 12.9. The fourth-order valence-corrected chi connectivity index (χ4v) is 3.09. The first-order chi connectivity index (χ1) is 12.6. The summed E-state index contributed by atoms with van der Waals surface area (Å²) >= 11 is 0. The van der Waals surface area contributed by atoms with Crippen LogP contribution in [-0.4, -0.2) is 29.7 Å². The van der Waals surface area contributed by atoms with Crippen LogP contribution in [0.25, 0.3) is 10.8 Å². The molecule has 0 fully saturated rings. The molecule has 1 aliphatic heterocycles. The van der Waals surface area contributed by atoms with Gasteiger partial charge in [-0.25, -0.2) is 5.43 Å². The van der Waals surface area contributed by atoms with Gasteiger partial charge in [0.15, 0.2) is 0 Å². The zero-order valence-corrected chi connectivity index (χ0v) is 13.7. The van der Waals surface area contributed by atoms with Crippen LogP contribution in [0.2, 0.25) is 0 Å². The molecule has 1 heterocycles. The molecular formula is C20H15N3O3. The Morgan fingerprint density at radius 2 is 1.85 bits per heavy atom. The van der Waals surface area contributed by atoms with Gasteiger partial charge in [0.2, 0.25) is 0 Å². The molecular weight excluding hydrogens is 330 g/mol. The third kappa shape index (κ3) is 2.67. The van der Waals surface area contributed by atoms with Crippen molar-refractivity contribution in [2.24, 2.45) is 5.10 Å². The number of nitrogens with one attached hydrogen (secondary N) is 1. The van der Waals surface area contributed by atoms with E-state index in [1.807, 2.05) is 30.3 Å². The van der Waals surface area contributed by atoms with Crippen molar-refractivity contribution < 1.29 is 14.7 Å². The smallest absolute Gasteiger partial charge is 0.260 e. The highest BCUT2D eigenvalue weighted by molar-refractivity contribution is 6.26. The number of hydrogen-bond acceptors (Lipinski definition) is 4. The maximum absolute atomic E-state index is 12.6. The maximum atomic E-state index is 12.6. The van der Waals surface area contributed by atoms with E-state index in [1.165, 1.54) is 17.2 Å². The standard InChI is InChI=1S/C20H15N3O3/c24-17-10-2-1-5-14(17)11-21-22-18(25)12-23-16-9-4-7-13-6-3-8-15(19(13)16)20(23)26/h1-11,24H,12H2,(H,22,25)/b21-11+. The van der Waals surface area contributed by atoms with Crippen LogP contribution in [0.4, 0.5) is 5.69 Å². The van der Waals surface area contributed by atoms with Crippen molar-refractivity contribution in [3.05, 3.63) is 71.8 Å². The molecule has 3 aromatic rings. The Kier molecular flexibility index (Phi) is 3.85. The Hall–Kier alpha value is -3.67. The Bertz CT molecular complexity index is 1050. The fraction of sp³-hybridized carbons (Fsp3) is 0.0500. The molecule has 0 saturated heterocycles. The van der Waals surface area contributed by atoms with E-state index in [0.717, 1.165) is 16.5 Å². The Balaban J connectivity index is 1.50. The average Bonchev–Trinajstić information content (AvgIpc) is 2.91. The largest absolute Gasteiger partial charge is 0.507 e. The van der Waals surface area contributed by atoms with E-state index in [1.54, 1.807) is 24.3 Å². The molecule has 4 rings (SSSR count). The molecule has 0 aliphatic carbocycles. The van der Waals surface area contributed by atoms with Gasteiger partial charge in [-0.3, -0.25) is 14.5 Å². The van der Waals surface area contributed by atoms with Gasteiger partial charge in [0.25, 0.3) is 11.8 Å². The number of amides is 2. The summed E-state index contributed by atoms with van der Waals surface area (Å²) in [5.74, 6) is -0.547. The average molecular weight is 345 g/mol. The van der Waals surface area contributed by atoms with Gasteiger partial charge in [0, 0.05) is 16.5 Å². The molecule has 26 heavy (non-hydrogen) atoms. The maximum Gasteiger partial charge on any atom is 0.260 e. The first-order valence-electron chi connectivity index (χ1n) is 8.08. The van der Waals surface area contributed by atoms with E-state index < -0.39 is 5.91 Å². The summed E-state index contributed by atoms with van der Waals surface area (Å²) in [5, 5.41) is 15.3. The van der Waals surface area contributed by atoms with Crippen LogP contribution in [0, 0.1) is 0 Å². The van der Waals surface area contributed by atoms with Crippen molar-refractivity contribution in [2.45, 2.75) is 0 Å². The number of para-hydroxylation sites is 1. The van der Waals surface area contributed by atoms with Gasteiger partial charge >= 0.3 is 0 Å². The molecule has 0 saturated carbocycles. The number of rotatable bonds is 4. The van der Waals surface area contributed by atoms with Crippen LogP contribution in [-0.2, 0) is 4.79 Å². The molecule has 6 nitrogen and oxygen atoms in total. The second-order valence-electron chi connectivity index (χ2n) is 5.92. The van der Waals surface area contributed by atoms with Gasteiger partial charge in [-0.05, 0) is 29.7 Å². The molecule has 2 N–H and O–H groups in total. The number of benzene rings is 3. The zero-order chi connectivity index (χ0) is 18.1. The van der Waals surface area contributed by atoms with Gasteiger partial charge in [-0.1, -0.05) is 36.4 Å². The molecule has 0 bridgehead atoms. The lowest BCUT2D eigenvalue weighted by Gasteiger charge is -2.16. The van der Waals surface area contributed by atoms with Crippen molar-refractivity contribution >= 4 is 34.5 Å². The molecule has 1 aliphatic rings. The molecule has 0 radical (unpaired) electrons. The van der Waals surface area contributed by atoms with Crippen LogP contribution >= 0.6 is 0 Å². The monoisotopic (exact) mass is 345 g/mol. The SMILES string of the molecule is O=C(CN1C(=O)c2cccc3cccc1c23)N/N=C/c1ccccc1O. The van der Waals surface area contributed by atoms with Crippen LogP contribution in [0.1, 0.15) is 15.9 Å². The molecule has 0 spiro atoms. The number of phenols is 1. The highest BCUT2D eigenvalue weighted by Gasteiger charge is 2.30. The summed E-state index contributed by atoms with van der Waals surface area (Å²) < 4.78 is 0. The van der Waals surface area contributed by atoms with E-state index in [0.29, 0.717) is 11.1 Å². The van der Waals surface area contributed by atoms with Crippen molar-refractivity contribution in [3.8, 4) is 5.75 Å². The van der Waals surface area contributed by atoms with E-state index in [9.17, 15) is 14.7 Å². The lowest BCUT2D eigenvalue weighted by molar-refractivity contribution is -0.119. The summed E-state index contributed by atoms with van der Waals surface area (Å²) in [7, 11) is 0. The second-order valence-corrected chi connectivity index (χ2v) is 5.92. The van der Waals surface area contributed by atoms with E-state index in [4.69, 9.17) is 0 Å². The summed E-state index contributed by atoms with van der Waals surface area (Å²) in [4.78, 5) is 26.3. The Labute approximate surface area is 149 Å². The predicted molar refractivity (Wildman–Crippen MR) is 99.5 cm³/mol. The lowest BCUT2D eigenvalue weighted by atomic mass is 10.1. The zero-order valence-electron chi connectivity index (χ0n) is 13.7. The lowest BCUT2D eigenvalue weighted by Crippen LogP contribution is -2.37. The minimum Gasteiger partial charge on any atom is -0.507 e. The summed E-state index contributed by atoms with van der Waals surface area (Å²) in [6.45, 7) is -0.134. The number of carbonyl (C=O) groups is 2. The number of nitrogens with zero attached hydrogens (tertiary/aromatic N) is 2.